The number of aryl methyl sites for hydroxylation is 1. The predicted octanol–water partition coefficient (Wildman–Crippen LogP) is 7.02. The molecule has 0 aliphatic carbocycles. The second-order valence-corrected chi connectivity index (χ2v) is 9.12. The van der Waals surface area contributed by atoms with Gasteiger partial charge in [-0.1, -0.05) is 87.8 Å². The molecule has 0 amide bonds. The average molecular weight is 359 g/mol. The van der Waals surface area contributed by atoms with Crippen molar-refractivity contribution in [2.24, 2.45) is 0 Å². The van der Waals surface area contributed by atoms with Gasteiger partial charge in [0, 0.05) is 4.47 Å². The Labute approximate surface area is 144 Å². The van der Waals surface area contributed by atoms with Crippen LogP contribution in [0.4, 0.5) is 0 Å². The lowest BCUT2D eigenvalue weighted by Crippen LogP contribution is -2.16. The van der Waals surface area contributed by atoms with E-state index >= 15 is 0 Å². The quantitative estimate of drug-likeness (QED) is 0.513. The molecular weight excluding hydrogens is 332 g/mol. The van der Waals surface area contributed by atoms with Crippen molar-refractivity contribution in [1.82, 2.24) is 0 Å². The Morgan fingerprint density at radius 3 is 1.59 bits per heavy atom. The molecule has 0 aliphatic heterocycles. The summed E-state index contributed by atoms with van der Waals surface area (Å²) in [6.45, 7) is 15.8. The molecule has 0 bridgehead atoms. The molecule has 0 fully saturated rings. The van der Waals surface area contributed by atoms with Crippen LogP contribution in [-0.4, -0.2) is 0 Å². The van der Waals surface area contributed by atoms with Crippen molar-refractivity contribution in [2.45, 2.75) is 59.3 Å². The van der Waals surface area contributed by atoms with E-state index in [1.165, 1.54) is 32.3 Å². The van der Waals surface area contributed by atoms with Crippen LogP contribution in [0.15, 0.2) is 40.9 Å². The summed E-state index contributed by atoms with van der Waals surface area (Å²) in [6.07, 6.45) is 0. The summed E-state index contributed by atoms with van der Waals surface area (Å²) in [7, 11) is 0. The van der Waals surface area contributed by atoms with Gasteiger partial charge in [-0.2, -0.15) is 0 Å². The Kier molecular flexibility index (Phi) is 4.59. The van der Waals surface area contributed by atoms with E-state index in [0.29, 0.717) is 0 Å². The first-order valence-corrected chi connectivity index (χ1v) is 8.70. The summed E-state index contributed by atoms with van der Waals surface area (Å²) in [5.74, 6) is 0. The number of halogens is 1. The van der Waals surface area contributed by atoms with E-state index in [1.807, 2.05) is 0 Å². The molecule has 2 rings (SSSR count). The summed E-state index contributed by atoms with van der Waals surface area (Å²) >= 11 is 3.59. The third kappa shape index (κ3) is 3.81. The maximum Gasteiger partial charge on any atom is 0.0204 e. The molecule has 0 saturated heterocycles. The molecule has 0 aromatic heterocycles. The zero-order valence-corrected chi connectivity index (χ0v) is 16.4. The molecule has 2 aromatic carbocycles. The van der Waals surface area contributed by atoms with Crippen LogP contribution in [0, 0.1) is 6.92 Å². The number of hydrogen-bond donors (Lipinski definition) is 0. The van der Waals surface area contributed by atoms with Gasteiger partial charge in [-0.25, -0.2) is 0 Å². The molecule has 22 heavy (non-hydrogen) atoms. The van der Waals surface area contributed by atoms with Crippen molar-refractivity contribution < 1.29 is 0 Å². The van der Waals surface area contributed by atoms with Crippen molar-refractivity contribution >= 4 is 15.9 Å². The maximum atomic E-state index is 3.59. The Morgan fingerprint density at radius 1 is 0.682 bits per heavy atom. The van der Waals surface area contributed by atoms with Gasteiger partial charge < -0.3 is 0 Å². The van der Waals surface area contributed by atoms with Gasteiger partial charge in [0.05, 0.1) is 0 Å². The van der Waals surface area contributed by atoms with E-state index in [4.69, 9.17) is 0 Å². The molecule has 118 valence electrons. The molecule has 0 saturated carbocycles. The Balaban J connectivity index is 2.67. The van der Waals surface area contributed by atoms with Crippen LogP contribution in [0.5, 0.6) is 0 Å². The topological polar surface area (TPSA) is 0 Å². The Morgan fingerprint density at radius 2 is 1.18 bits per heavy atom. The van der Waals surface area contributed by atoms with E-state index in [1.54, 1.807) is 0 Å². The van der Waals surface area contributed by atoms with Crippen molar-refractivity contribution in [1.29, 1.82) is 0 Å². The average Bonchev–Trinajstić information content (AvgIpc) is 2.39. The molecule has 0 radical (unpaired) electrons. The minimum absolute atomic E-state index is 0.153. The molecule has 0 heterocycles. The van der Waals surface area contributed by atoms with Crippen molar-refractivity contribution in [2.75, 3.05) is 0 Å². The maximum absolute atomic E-state index is 3.59. The van der Waals surface area contributed by atoms with Gasteiger partial charge >= 0.3 is 0 Å². The zero-order chi connectivity index (χ0) is 16.7. The monoisotopic (exact) mass is 358 g/mol. The van der Waals surface area contributed by atoms with Gasteiger partial charge in [0.2, 0.25) is 0 Å². The van der Waals surface area contributed by atoms with Crippen molar-refractivity contribution in [3.05, 3.63) is 57.6 Å². The zero-order valence-electron chi connectivity index (χ0n) is 14.8. The number of hydrogen-bond acceptors (Lipinski definition) is 0. The second-order valence-electron chi connectivity index (χ2n) is 8.26. The number of benzene rings is 2. The molecule has 0 N–H and O–H groups in total. The summed E-state index contributed by atoms with van der Waals surface area (Å²) in [5, 5.41) is 0. The van der Waals surface area contributed by atoms with Crippen molar-refractivity contribution in [3.8, 4) is 11.1 Å². The third-order valence-corrected chi connectivity index (χ3v) is 5.05. The molecule has 1 heteroatoms. The molecule has 0 nitrogen and oxygen atoms in total. The minimum Gasteiger partial charge on any atom is -0.0561 e. The Bertz CT molecular complexity index is 650. The van der Waals surface area contributed by atoms with Gasteiger partial charge in [-0.15, -0.1) is 0 Å². The van der Waals surface area contributed by atoms with Crippen LogP contribution in [0.3, 0.4) is 0 Å². The van der Waals surface area contributed by atoms with Crippen LogP contribution in [-0.2, 0) is 10.8 Å². The first kappa shape index (κ1) is 17.3. The highest BCUT2D eigenvalue weighted by atomic mass is 79.9. The highest BCUT2D eigenvalue weighted by molar-refractivity contribution is 9.10. The first-order valence-electron chi connectivity index (χ1n) is 7.91. The van der Waals surface area contributed by atoms with E-state index in [0.717, 1.165) is 0 Å². The van der Waals surface area contributed by atoms with Crippen LogP contribution in [0.2, 0.25) is 0 Å². The molecule has 0 unspecified atom stereocenters. The fraction of sp³-hybridized carbons (Fsp3) is 0.429. The second kappa shape index (κ2) is 5.85. The lowest BCUT2D eigenvalue weighted by molar-refractivity contribution is 0.569. The van der Waals surface area contributed by atoms with Gasteiger partial charge in [-0.3, -0.25) is 0 Å². The molecule has 0 atom stereocenters. The van der Waals surface area contributed by atoms with E-state index in [9.17, 15) is 0 Å². The minimum atomic E-state index is 0.153. The lowest BCUT2D eigenvalue weighted by Gasteiger charge is -2.26. The largest absolute Gasteiger partial charge is 0.0561 e. The van der Waals surface area contributed by atoms with Gasteiger partial charge in [0.1, 0.15) is 0 Å². The van der Waals surface area contributed by atoms with Gasteiger partial charge in [0.15, 0.2) is 0 Å². The Hall–Kier alpha value is -1.08. The molecular formula is C21H27Br. The summed E-state index contributed by atoms with van der Waals surface area (Å²) < 4.78 is 1.17. The highest BCUT2D eigenvalue weighted by Crippen LogP contribution is 2.34. The summed E-state index contributed by atoms with van der Waals surface area (Å²) in [5.41, 5.74) is 6.98. The van der Waals surface area contributed by atoms with Crippen molar-refractivity contribution in [3.63, 3.8) is 0 Å². The standard InChI is InChI=1S/C21H27Br/c1-14-10-15(8-9-19(14)22)16-11-17(20(2,3)4)13-18(12-16)21(5,6)7/h8-13H,1-7H3. The SMILES string of the molecule is Cc1cc(-c2cc(C(C)(C)C)cc(C(C)(C)C)c2)ccc1Br. The van der Waals surface area contributed by atoms with E-state index in [-0.39, 0.29) is 10.8 Å². The molecule has 0 spiro atoms. The molecule has 0 aliphatic rings. The van der Waals surface area contributed by atoms with Crippen LogP contribution in [0.1, 0.15) is 58.2 Å². The highest BCUT2D eigenvalue weighted by Gasteiger charge is 2.20. The smallest absolute Gasteiger partial charge is 0.0204 e. The predicted molar refractivity (Wildman–Crippen MR) is 102 cm³/mol. The van der Waals surface area contributed by atoms with E-state index < -0.39 is 0 Å². The lowest BCUT2D eigenvalue weighted by atomic mass is 9.79. The van der Waals surface area contributed by atoms with Crippen LogP contribution >= 0.6 is 15.9 Å². The van der Waals surface area contributed by atoms with E-state index in [2.05, 4.69) is 101 Å². The first-order chi connectivity index (χ1) is 9.98. The summed E-state index contributed by atoms with van der Waals surface area (Å²) in [6, 6.07) is 13.7. The normalized spacial score (nSPS) is 12.5. The molecule has 2 aromatic rings. The van der Waals surface area contributed by atoms with Gasteiger partial charge in [-0.05, 0) is 51.6 Å². The van der Waals surface area contributed by atoms with Crippen LogP contribution in [0.25, 0.3) is 11.1 Å². The third-order valence-electron chi connectivity index (χ3n) is 4.16. The summed E-state index contributed by atoms with van der Waals surface area (Å²) in [4.78, 5) is 0. The fourth-order valence-electron chi connectivity index (χ4n) is 2.48. The fourth-order valence-corrected chi connectivity index (χ4v) is 2.73. The number of rotatable bonds is 1. The van der Waals surface area contributed by atoms with Crippen LogP contribution < -0.4 is 0 Å². The van der Waals surface area contributed by atoms with Gasteiger partial charge in [0.25, 0.3) is 0 Å².